The first-order valence-electron chi connectivity index (χ1n) is 9.50. The molecular weight excluding hydrogens is 318 g/mol. The minimum atomic E-state index is 0.00197. The molecule has 1 aromatic rings. The maximum absolute atomic E-state index is 12.2. The van der Waals surface area contributed by atoms with Crippen LogP contribution >= 0.6 is 0 Å². The highest BCUT2D eigenvalue weighted by Gasteiger charge is 2.48. The van der Waals surface area contributed by atoms with Crippen molar-refractivity contribution in [3.63, 3.8) is 0 Å². The lowest BCUT2D eigenvalue weighted by Crippen LogP contribution is -2.67. The van der Waals surface area contributed by atoms with Gasteiger partial charge in [0.2, 0.25) is 0 Å². The standard InChI is InChI=1S/C19H29N3O3/c1-21-8-2-3-17(21)18(23)20-11-15-4-7-19(25-12-15)13-22(14-19)16-5-9-24-10-6-16/h2-3,8,15-16H,4-7,9-14H2,1H3,(H,20,23). The van der Waals surface area contributed by atoms with Crippen molar-refractivity contribution < 1.29 is 14.3 Å². The second-order valence-corrected chi connectivity index (χ2v) is 7.86. The molecule has 0 bridgehead atoms. The van der Waals surface area contributed by atoms with Crippen molar-refractivity contribution in [3.8, 4) is 0 Å². The van der Waals surface area contributed by atoms with E-state index in [1.54, 1.807) is 0 Å². The van der Waals surface area contributed by atoms with Gasteiger partial charge in [0.15, 0.2) is 0 Å². The number of aromatic nitrogens is 1. The van der Waals surface area contributed by atoms with Gasteiger partial charge in [-0.3, -0.25) is 9.69 Å². The van der Waals surface area contributed by atoms with Crippen LogP contribution in [0.4, 0.5) is 0 Å². The molecule has 3 fully saturated rings. The average molecular weight is 347 g/mol. The molecule has 138 valence electrons. The van der Waals surface area contributed by atoms with E-state index in [1.807, 2.05) is 29.9 Å². The van der Waals surface area contributed by atoms with E-state index in [1.165, 1.54) is 0 Å². The van der Waals surface area contributed by atoms with Crippen LogP contribution in [-0.4, -0.2) is 66.5 Å². The minimum absolute atomic E-state index is 0.00197. The van der Waals surface area contributed by atoms with Gasteiger partial charge in [-0.2, -0.15) is 0 Å². The summed E-state index contributed by atoms with van der Waals surface area (Å²) >= 11 is 0. The zero-order valence-corrected chi connectivity index (χ0v) is 15.1. The van der Waals surface area contributed by atoms with Crippen LogP contribution in [0.15, 0.2) is 18.3 Å². The average Bonchev–Trinajstić information content (AvgIpc) is 3.05. The zero-order chi connectivity index (χ0) is 17.3. The third kappa shape index (κ3) is 3.61. The first kappa shape index (κ1) is 17.1. The van der Waals surface area contributed by atoms with E-state index in [0.717, 1.165) is 58.6 Å². The van der Waals surface area contributed by atoms with Gasteiger partial charge in [0, 0.05) is 52.1 Å². The van der Waals surface area contributed by atoms with E-state index in [4.69, 9.17) is 9.47 Å². The number of likely N-dealkylation sites (tertiary alicyclic amines) is 1. The van der Waals surface area contributed by atoms with Gasteiger partial charge in [-0.05, 0) is 43.7 Å². The quantitative estimate of drug-likeness (QED) is 0.895. The Bertz CT molecular complexity index is 593. The maximum Gasteiger partial charge on any atom is 0.267 e. The van der Waals surface area contributed by atoms with E-state index in [9.17, 15) is 4.79 Å². The summed E-state index contributed by atoms with van der Waals surface area (Å²) in [5, 5.41) is 3.06. The number of hydrogen-bond donors (Lipinski definition) is 1. The molecule has 3 saturated heterocycles. The van der Waals surface area contributed by atoms with E-state index in [0.29, 0.717) is 24.2 Å². The Balaban J connectivity index is 1.19. The third-order valence-electron chi connectivity index (χ3n) is 6.05. The van der Waals surface area contributed by atoms with Crippen LogP contribution in [-0.2, 0) is 16.5 Å². The van der Waals surface area contributed by atoms with E-state index >= 15 is 0 Å². The lowest BCUT2D eigenvalue weighted by Gasteiger charge is -2.55. The fourth-order valence-corrected chi connectivity index (χ4v) is 4.35. The van der Waals surface area contributed by atoms with Gasteiger partial charge in [-0.1, -0.05) is 0 Å². The molecule has 3 aliphatic rings. The zero-order valence-electron chi connectivity index (χ0n) is 15.1. The van der Waals surface area contributed by atoms with Crippen LogP contribution in [0.5, 0.6) is 0 Å². The normalized spacial score (nSPS) is 27.2. The molecule has 1 N–H and O–H groups in total. The summed E-state index contributed by atoms with van der Waals surface area (Å²) in [7, 11) is 1.89. The summed E-state index contributed by atoms with van der Waals surface area (Å²) in [6.07, 6.45) is 6.45. The largest absolute Gasteiger partial charge is 0.381 e. The predicted octanol–water partition coefficient (Wildman–Crippen LogP) is 1.41. The molecule has 0 aromatic carbocycles. The molecule has 1 aromatic heterocycles. The molecule has 25 heavy (non-hydrogen) atoms. The minimum Gasteiger partial charge on any atom is -0.381 e. The van der Waals surface area contributed by atoms with Crippen molar-refractivity contribution in [3.05, 3.63) is 24.0 Å². The lowest BCUT2D eigenvalue weighted by molar-refractivity contribution is -0.194. The van der Waals surface area contributed by atoms with Gasteiger partial charge in [0.25, 0.3) is 5.91 Å². The van der Waals surface area contributed by atoms with Gasteiger partial charge in [0.05, 0.1) is 12.2 Å². The van der Waals surface area contributed by atoms with Crippen LogP contribution in [0.2, 0.25) is 0 Å². The number of nitrogens with zero attached hydrogens (tertiary/aromatic N) is 2. The second kappa shape index (κ2) is 7.09. The van der Waals surface area contributed by atoms with E-state index in [2.05, 4.69) is 10.2 Å². The van der Waals surface area contributed by atoms with Crippen molar-refractivity contribution in [1.82, 2.24) is 14.8 Å². The van der Waals surface area contributed by atoms with Crippen molar-refractivity contribution in [2.75, 3.05) is 39.5 Å². The van der Waals surface area contributed by atoms with Crippen LogP contribution in [0.3, 0.4) is 0 Å². The maximum atomic E-state index is 12.2. The number of amides is 1. The molecule has 4 rings (SSSR count). The van der Waals surface area contributed by atoms with E-state index < -0.39 is 0 Å². The highest BCUT2D eigenvalue weighted by Crippen LogP contribution is 2.38. The number of nitrogens with one attached hydrogen (secondary N) is 1. The topological polar surface area (TPSA) is 55.7 Å². The summed E-state index contributed by atoms with van der Waals surface area (Å²) in [6, 6.07) is 4.43. The predicted molar refractivity (Wildman–Crippen MR) is 94.6 cm³/mol. The SMILES string of the molecule is Cn1cccc1C(=O)NCC1CCC2(CN(C3CCOCC3)C2)OC1. The summed E-state index contributed by atoms with van der Waals surface area (Å²) in [5.74, 6) is 0.425. The third-order valence-corrected chi connectivity index (χ3v) is 6.05. The van der Waals surface area contributed by atoms with Crippen molar-refractivity contribution in [1.29, 1.82) is 0 Å². The number of ether oxygens (including phenoxy) is 2. The molecule has 1 unspecified atom stereocenters. The smallest absolute Gasteiger partial charge is 0.267 e. The van der Waals surface area contributed by atoms with Crippen molar-refractivity contribution in [2.45, 2.75) is 37.3 Å². The highest BCUT2D eigenvalue weighted by atomic mass is 16.5. The molecule has 6 heteroatoms. The summed E-state index contributed by atoms with van der Waals surface area (Å²) in [5.41, 5.74) is 0.788. The van der Waals surface area contributed by atoms with Crippen LogP contribution in [0.25, 0.3) is 0 Å². The first-order chi connectivity index (χ1) is 12.2. The molecule has 4 heterocycles. The Hall–Kier alpha value is -1.37. The molecular formula is C19H29N3O3. The Morgan fingerprint density at radius 2 is 2.12 bits per heavy atom. The fourth-order valence-electron chi connectivity index (χ4n) is 4.35. The Kier molecular flexibility index (Phi) is 4.84. The van der Waals surface area contributed by atoms with Gasteiger partial charge < -0.3 is 19.4 Å². The molecule has 0 radical (unpaired) electrons. The number of carbonyl (C=O) groups excluding carboxylic acids is 1. The Morgan fingerprint density at radius 1 is 1.32 bits per heavy atom. The van der Waals surface area contributed by atoms with Crippen molar-refractivity contribution >= 4 is 5.91 Å². The monoisotopic (exact) mass is 347 g/mol. The van der Waals surface area contributed by atoms with Gasteiger partial charge in [0.1, 0.15) is 5.69 Å². The molecule has 6 nitrogen and oxygen atoms in total. The number of hydrogen-bond acceptors (Lipinski definition) is 4. The molecule has 0 aliphatic carbocycles. The van der Waals surface area contributed by atoms with Gasteiger partial charge in [-0.15, -0.1) is 0 Å². The molecule has 1 spiro atoms. The molecule has 0 saturated carbocycles. The van der Waals surface area contributed by atoms with E-state index in [-0.39, 0.29) is 11.5 Å². The number of rotatable bonds is 4. The van der Waals surface area contributed by atoms with Crippen LogP contribution in [0, 0.1) is 5.92 Å². The fraction of sp³-hybridized carbons (Fsp3) is 0.737. The first-order valence-corrected chi connectivity index (χ1v) is 9.50. The Labute approximate surface area is 149 Å². The Morgan fingerprint density at radius 3 is 2.76 bits per heavy atom. The van der Waals surface area contributed by atoms with Crippen LogP contribution in [0.1, 0.15) is 36.2 Å². The molecule has 1 amide bonds. The summed E-state index contributed by atoms with van der Waals surface area (Å²) in [4.78, 5) is 14.8. The summed E-state index contributed by atoms with van der Waals surface area (Å²) < 4.78 is 13.6. The van der Waals surface area contributed by atoms with Gasteiger partial charge >= 0.3 is 0 Å². The van der Waals surface area contributed by atoms with Crippen molar-refractivity contribution in [2.24, 2.45) is 13.0 Å². The lowest BCUT2D eigenvalue weighted by atomic mass is 9.81. The molecule has 1 atom stereocenters. The van der Waals surface area contributed by atoms with Gasteiger partial charge in [-0.25, -0.2) is 0 Å². The number of carbonyl (C=O) groups is 1. The number of aryl methyl sites for hydroxylation is 1. The summed E-state index contributed by atoms with van der Waals surface area (Å²) in [6.45, 7) is 5.40. The molecule has 3 aliphatic heterocycles. The highest BCUT2D eigenvalue weighted by molar-refractivity contribution is 5.92. The van der Waals surface area contributed by atoms with Crippen LogP contribution < -0.4 is 5.32 Å². The second-order valence-electron chi connectivity index (χ2n) is 7.86.